The summed E-state index contributed by atoms with van der Waals surface area (Å²) in [5, 5.41) is 11.6. The van der Waals surface area contributed by atoms with Crippen molar-refractivity contribution in [3.63, 3.8) is 0 Å². The first-order valence-electron chi connectivity index (χ1n) is 10.3. The van der Waals surface area contributed by atoms with E-state index in [1.807, 2.05) is 0 Å². The van der Waals surface area contributed by atoms with E-state index in [0.29, 0.717) is 22.8 Å². The topological polar surface area (TPSA) is 98.4 Å². The third kappa shape index (κ3) is 3.97. The number of aliphatic hydroxyl groups excluding tert-OH is 1. The highest BCUT2D eigenvalue weighted by molar-refractivity contribution is 6.46. The second-order valence-corrected chi connectivity index (χ2v) is 7.84. The monoisotopic (exact) mass is 483 g/mol. The zero-order valence-corrected chi connectivity index (χ0v) is 19.5. The summed E-state index contributed by atoms with van der Waals surface area (Å²) in [6.45, 7) is 0.0115. The Labute approximate surface area is 200 Å². The number of hydrogen-bond acceptors (Lipinski definition) is 7. The lowest BCUT2D eigenvalue weighted by molar-refractivity contribution is -0.140. The highest BCUT2D eigenvalue weighted by Gasteiger charge is 2.47. The summed E-state index contributed by atoms with van der Waals surface area (Å²) in [6.07, 6.45) is 1.48. The van der Waals surface area contributed by atoms with Gasteiger partial charge in [0.15, 0.2) is 0 Å². The number of carbonyl (C=O) groups excluding carboxylic acids is 2. The predicted molar refractivity (Wildman–Crippen MR) is 124 cm³/mol. The number of carbonyl (C=O) groups is 2. The van der Waals surface area contributed by atoms with Gasteiger partial charge in [0.1, 0.15) is 28.8 Å². The lowest BCUT2D eigenvalue weighted by Crippen LogP contribution is -2.29. The molecule has 1 fully saturated rings. The fourth-order valence-corrected chi connectivity index (χ4v) is 4.26. The zero-order valence-electron chi connectivity index (χ0n) is 18.7. The van der Waals surface area contributed by atoms with Crippen LogP contribution in [0.4, 0.5) is 0 Å². The van der Waals surface area contributed by atoms with Crippen LogP contribution in [0, 0.1) is 0 Å². The molecule has 2 heterocycles. The molecule has 0 saturated carbocycles. The number of para-hydroxylation sites is 1. The average molecular weight is 484 g/mol. The first-order chi connectivity index (χ1) is 16.4. The van der Waals surface area contributed by atoms with Crippen molar-refractivity contribution < 1.29 is 33.3 Å². The van der Waals surface area contributed by atoms with Crippen molar-refractivity contribution in [2.24, 2.45) is 0 Å². The van der Waals surface area contributed by atoms with Gasteiger partial charge >= 0.3 is 0 Å². The van der Waals surface area contributed by atoms with E-state index in [9.17, 15) is 14.7 Å². The molecule has 8 nitrogen and oxygen atoms in total. The van der Waals surface area contributed by atoms with Crippen molar-refractivity contribution in [3.8, 4) is 17.2 Å². The number of Topliss-reactive ketones (excluding diaryl/α,β-unsaturated/α-hetero) is 1. The van der Waals surface area contributed by atoms with Gasteiger partial charge in [-0.2, -0.15) is 0 Å². The van der Waals surface area contributed by atoms with Crippen molar-refractivity contribution >= 4 is 29.1 Å². The van der Waals surface area contributed by atoms with E-state index < -0.39 is 23.5 Å². The number of rotatable bonds is 7. The Morgan fingerprint density at radius 1 is 1.00 bits per heavy atom. The summed E-state index contributed by atoms with van der Waals surface area (Å²) < 4.78 is 21.5. The molecule has 9 heteroatoms. The maximum atomic E-state index is 13.3. The van der Waals surface area contributed by atoms with Crippen LogP contribution in [-0.2, 0) is 16.1 Å². The van der Waals surface area contributed by atoms with Crippen LogP contribution in [0.1, 0.15) is 22.9 Å². The second kappa shape index (κ2) is 9.52. The van der Waals surface area contributed by atoms with Crippen molar-refractivity contribution in [2.45, 2.75) is 12.6 Å². The summed E-state index contributed by atoms with van der Waals surface area (Å²) in [5.74, 6) is -0.597. The van der Waals surface area contributed by atoms with Crippen LogP contribution >= 0.6 is 11.6 Å². The molecule has 1 saturated heterocycles. The molecule has 1 unspecified atom stereocenters. The van der Waals surface area contributed by atoms with E-state index in [2.05, 4.69) is 0 Å². The van der Waals surface area contributed by atoms with Crippen molar-refractivity contribution in [1.29, 1.82) is 0 Å². The molecule has 0 spiro atoms. The van der Waals surface area contributed by atoms with Gasteiger partial charge in [-0.25, -0.2) is 0 Å². The van der Waals surface area contributed by atoms with Gasteiger partial charge in [0.05, 0.1) is 56.3 Å². The molecule has 1 atom stereocenters. The number of nitrogens with zero attached hydrogens (tertiary/aromatic N) is 1. The van der Waals surface area contributed by atoms with Crippen LogP contribution < -0.4 is 14.2 Å². The second-order valence-electron chi connectivity index (χ2n) is 7.44. The molecule has 176 valence electrons. The molecule has 1 aliphatic rings. The molecule has 1 aromatic heterocycles. The molecule has 1 N–H and O–H groups in total. The van der Waals surface area contributed by atoms with E-state index in [1.165, 1.54) is 44.6 Å². The molecular weight excluding hydrogens is 462 g/mol. The number of halogens is 1. The number of aliphatic hydroxyl groups is 1. The lowest BCUT2D eigenvalue weighted by atomic mass is 9.94. The standard InChI is InChI=1S/C25H22ClNO7/c1-31-18-9-5-4-8-15(18)22-21(24(29)25(30)27(22)13-14-7-6-10-34-14)23(28)16-11-17(26)20(33-3)12-19(16)32-2/h4-12,22,28H,13H2,1-3H3/b23-21+. The van der Waals surface area contributed by atoms with Gasteiger partial charge in [0.2, 0.25) is 0 Å². The Morgan fingerprint density at radius 3 is 2.35 bits per heavy atom. The highest BCUT2D eigenvalue weighted by Crippen LogP contribution is 2.45. The van der Waals surface area contributed by atoms with Gasteiger partial charge in [-0.05, 0) is 24.3 Å². The van der Waals surface area contributed by atoms with Crippen molar-refractivity contribution in [2.75, 3.05) is 21.3 Å². The molecule has 0 aliphatic carbocycles. The van der Waals surface area contributed by atoms with E-state index in [-0.39, 0.29) is 28.5 Å². The molecule has 3 aromatic rings. The third-order valence-corrected chi connectivity index (χ3v) is 5.90. The molecule has 2 aromatic carbocycles. The van der Waals surface area contributed by atoms with Gasteiger partial charge in [0, 0.05) is 11.6 Å². The van der Waals surface area contributed by atoms with Crippen LogP contribution in [0.3, 0.4) is 0 Å². The third-order valence-electron chi connectivity index (χ3n) is 5.61. The van der Waals surface area contributed by atoms with Gasteiger partial charge in [0.25, 0.3) is 11.7 Å². The Hall–Kier alpha value is -3.91. The molecule has 1 aliphatic heterocycles. The quantitative estimate of drug-likeness (QED) is 0.298. The van der Waals surface area contributed by atoms with Crippen molar-refractivity contribution in [1.82, 2.24) is 4.90 Å². The molecule has 34 heavy (non-hydrogen) atoms. The van der Waals surface area contributed by atoms with E-state index in [0.717, 1.165) is 0 Å². The lowest BCUT2D eigenvalue weighted by Gasteiger charge is -2.26. The smallest absolute Gasteiger partial charge is 0.296 e. The first-order valence-corrected chi connectivity index (χ1v) is 10.6. The Balaban J connectivity index is 1.96. The number of likely N-dealkylation sites (tertiary alicyclic amines) is 1. The van der Waals surface area contributed by atoms with E-state index in [1.54, 1.807) is 36.4 Å². The van der Waals surface area contributed by atoms with Crippen molar-refractivity contribution in [3.05, 3.63) is 82.3 Å². The van der Waals surface area contributed by atoms with Gasteiger partial charge in [-0.15, -0.1) is 0 Å². The molecule has 4 rings (SSSR count). The summed E-state index contributed by atoms with van der Waals surface area (Å²) in [6, 6.07) is 12.3. The maximum absolute atomic E-state index is 13.3. The Bertz CT molecular complexity index is 1270. The first kappa shape index (κ1) is 23.3. The SMILES string of the molecule is COc1cc(OC)c(/C(O)=C2\C(=O)C(=O)N(Cc3ccco3)C2c2ccccc2OC)cc1Cl. The normalized spacial score (nSPS) is 17.2. The molecular formula is C25H22ClNO7. The maximum Gasteiger partial charge on any atom is 0.296 e. The summed E-state index contributed by atoms with van der Waals surface area (Å²) in [5.41, 5.74) is 0.542. The summed E-state index contributed by atoms with van der Waals surface area (Å²) in [4.78, 5) is 27.8. The van der Waals surface area contributed by atoms with Crippen LogP contribution in [0.2, 0.25) is 5.02 Å². The summed E-state index contributed by atoms with van der Waals surface area (Å²) >= 11 is 6.29. The minimum atomic E-state index is -0.952. The van der Waals surface area contributed by atoms with Gasteiger partial charge in [-0.1, -0.05) is 29.8 Å². The van der Waals surface area contributed by atoms with Crippen LogP contribution in [-0.4, -0.2) is 43.0 Å². The number of ether oxygens (including phenoxy) is 3. The van der Waals surface area contributed by atoms with Crippen LogP contribution in [0.5, 0.6) is 17.2 Å². The summed E-state index contributed by atoms with van der Waals surface area (Å²) in [7, 11) is 4.35. The zero-order chi connectivity index (χ0) is 24.4. The number of furan rings is 1. The van der Waals surface area contributed by atoms with Gasteiger partial charge in [-0.3, -0.25) is 9.59 Å². The fraction of sp³-hybridized carbons (Fsp3) is 0.200. The largest absolute Gasteiger partial charge is 0.507 e. The number of ketones is 1. The minimum absolute atomic E-state index is 0.0115. The predicted octanol–water partition coefficient (Wildman–Crippen LogP) is 4.58. The average Bonchev–Trinajstić information content (AvgIpc) is 3.45. The Kier molecular flexibility index (Phi) is 6.51. The number of methoxy groups -OCH3 is 3. The minimum Gasteiger partial charge on any atom is -0.507 e. The Morgan fingerprint density at radius 2 is 1.71 bits per heavy atom. The molecule has 1 amide bonds. The molecule has 0 bridgehead atoms. The highest BCUT2D eigenvalue weighted by atomic mass is 35.5. The van der Waals surface area contributed by atoms with Gasteiger partial charge < -0.3 is 28.6 Å². The van der Waals surface area contributed by atoms with E-state index >= 15 is 0 Å². The number of benzene rings is 2. The number of amides is 1. The molecule has 0 radical (unpaired) electrons. The fourth-order valence-electron chi connectivity index (χ4n) is 4.02. The van der Waals surface area contributed by atoms with Crippen LogP contribution in [0.25, 0.3) is 5.76 Å². The van der Waals surface area contributed by atoms with E-state index in [4.69, 9.17) is 30.2 Å². The van der Waals surface area contributed by atoms with Crippen LogP contribution in [0.15, 0.2) is 64.8 Å². The number of hydrogen-bond donors (Lipinski definition) is 1.